The fraction of sp³-hybridized carbons (Fsp3) is 0.148. The minimum Gasteiger partial charge on any atom is -0.465 e. The first-order chi connectivity index (χ1) is 17.7. The van der Waals surface area contributed by atoms with Gasteiger partial charge in [0, 0.05) is 29.8 Å². The zero-order chi connectivity index (χ0) is 24.6. The highest BCUT2D eigenvalue weighted by atomic mass is 32.1. The molecule has 8 nitrogen and oxygen atoms in total. The fourth-order valence-corrected chi connectivity index (χ4v) is 5.14. The molecule has 4 aromatic rings. The first-order valence-corrected chi connectivity index (χ1v) is 11.8. The molecule has 4 heterocycles. The Bertz CT molecular complexity index is 1460. The van der Waals surface area contributed by atoms with Crippen molar-refractivity contribution in [2.24, 2.45) is 0 Å². The second-order valence-corrected chi connectivity index (χ2v) is 8.73. The molecule has 36 heavy (non-hydrogen) atoms. The first-order valence-electron chi connectivity index (χ1n) is 11.4. The van der Waals surface area contributed by atoms with E-state index in [0.29, 0.717) is 27.9 Å². The monoisotopic (exact) mass is 498 g/mol. The fourth-order valence-electron chi connectivity index (χ4n) is 4.79. The van der Waals surface area contributed by atoms with Gasteiger partial charge in [-0.1, -0.05) is 18.2 Å². The molecule has 1 saturated heterocycles. The van der Waals surface area contributed by atoms with Gasteiger partial charge in [-0.05, 0) is 60.7 Å². The summed E-state index contributed by atoms with van der Waals surface area (Å²) in [4.78, 5) is 19.3. The summed E-state index contributed by atoms with van der Waals surface area (Å²) in [7, 11) is 1.38. The van der Waals surface area contributed by atoms with E-state index in [1.54, 1.807) is 12.3 Å². The van der Waals surface area contributed by atoms with Crippen molar-refractivity contribution in [1.29, 1.82) is 0 Å². The van der Waals surface area contributed by atoms with Crippen LogP contribution in [0.2, 0.25) is 0 Å². The molecule has 2 atom stereocenters. The van der Waals surface area contributed by atoms with Crippen molar-refractivity contribution in [2.75, 3.05) is 18.8 Å². The molecular formula is C27H22N4O4S. The lowest BCUT2D eigenvalue weighted by Crippen LogP contribution is -2.30. The number of methoxy groups -OCH3 is 1. The Labute approximate surface area is 213 Å². The number of para-hydroxylation sites is 1. The lowest BCUT2D eigenvalue weighted by atomic mass is 10.0. The highest BCUT2D eigenvalue weighted by Gasteiger charge is 2.42. The van der Waals surface area contributed by atoms with Gasteiger partial charge in [0.05, 0.1) is 30.1 Å². The number of pyridine rings is 1. The molecule has 1 fully saturated rings. The maximum atomic E-state index is 12.6. The molecule has 0 saturated carbocycles. The van der Waals surface area contributed by atoms with Crippen molar-refractivity contribution in [3.05, 3.63) is 102 Å². The number of benzene rings is 2. The molecule has 180 valence electrons. The Morgan fingerprint density at radius 1 is 1.06 bits per heavy atom. The summed E-state index contributed by atoms with van der Waals surface area (Å²) in [6.45, 7) is 0.189. The van der Waals surface area contributed by atoms with Crippen molar-refractivity contribution < 1.29 is 19.0 Å². The van der Waals surface area contributed by atoms with Crippen LogP contribution in [0.1, 0.15) is 33.8 Å². The van der Waals surface area contributed by atoms with Gasteiger partial charge < -0.3 is 29.0 Å². The van der Waals surface area contributed by atoms with E-state index in [1.807, 2.05) is 77.5 Å². The number of carbonyl (C=O) groups excluding carboxylic acids is 1. The van der Waals surface area contributed by atoms with Crippen molar-refractivity contribution in [3.8, 4) is 17.2 Å². The Balaban J connectivity index is 1.52. The number of rotatable bonds is 5. The number of aromatic nitrogens is 2. The molecule has 0 bridgehead atoms. The minimum absolute atomic E-state index is 0.189. The number of fused-ring (bicyclic) bond motifs is 1. The molecule has 9 heteroatoms. The third-order valence-corrected chi connectivity index (χ3v) is 6.70. The van der Waals surface area contributed by atoms with Gasteiger partial charge in [-0.2, -0.15) is 0 Å². The number of nitrogens with zero attached hydrogens (tertiary/aromatic N) is 3. The highest BCUT2D eigenvalue weighted by molar-refractivity contribution is 7.80. The Morgan fingerprint density at radius 2 is 1.89 bits per heavy atom. The van der Waals surface area contributed by atoms with Gasteiger partial charge in [-0.15, -0.1) is 0 Å². The molecule has 0 unspecified atom stereocenters. The second kappa shape index (κ2) is 9.01. The molecule has 0 radical (unpaired) electrons. The largest absolute Gasteiger partial charge is 0.465 e. The molecule has 2 aliphatic heterocycles. The van der Waals surface area contributed by atoms with Gasteiger partial charge in [0.2, 0.25) is 6.79 Å². The van der Waals surface area contributed by atoms with Crippen LogP contribution in [0.4, 0.5) is 5.69 Å². The van der Waals surface area contributed by atoms with E-state index in [-0.39, 0.29) is 18.9 Å². The summed E-state index contributed by atoms with van der Waals surface area (Å²) in [6.07, 6.45) is 3.71. The van der Waals surface area contributed by atoms with Crippen LogP contribution in [0.25, 0.3) is 5.69 Å². The number of carbonyl (C=O) groups is 1. The predicted molar refractivity (Wildman–Crippen MR) is 138 cm³/mol. The molecule has 2 aliphatic rings. The summed E-state index contributed by atoms with van der Waals surface area (Å²) >= 11 is 5.86. The number of hydrogen-bond acceptors (Lipinski definition) is 6. The van der Waals surface area contributed by atoms with E-state index in [1.165, 1.54) is 7.11 Å². The van der Waals surface area contributed by atoms with Crippen molar-refractivity contribution in [1.82, 2.24) is 14.9 Å². The molecule has 1 N–H and O–H groups in total. The smallest absolute Gasteiger partial charge is 0.339 e. The van der Waals surface area contributed by atoms with E-state index >= 15 is 0 Å². The van der Waals surface area contributed by atoms with Crippen LogP contribution in [-0.4, -0.2) is 34.5 Å². The van der Waals surface area contributed by atoms with E-state index < -0.39 is 5.97 Å². The molecule has 6 rings (SSSR count). The molecular weight excluding hydrogens is 476 g/mol. The van der Waals surface area contributed by atoms with Gasteiger partial charge in [-0.3, -0.25) is 4.98 Å². The predicted octanol–water partition coefficient (Wildman–Crippen LogP) is 4.56. The summed E-state index contributed by atoms with van der Waals surface area (Å²) < 4.78 is 18.2. The molecule has 0 aliphatic carbocycles. The van der Waals surface area contributed by atoms with Gasteiger partial charge in [0.1, 0.15) is 6.04 Å². The maximum Gasteiger partial charge on any atom is 0.339 e. The Kier molecular flexibility index (Phi) is 5.54. The Morgan fingerprint density at radius 3 is 2.72 bits per heavy atom. The lowest BCUT2D eigenvalue weighted by Gasteiger charge is -2.29. The minimum atomic E-state index is -0.403. The van der Waals surface area contributed by atoms with Gasteiger partial charge >= 0.3 is 5.97 Å². The van der Waals surface area contributed by atoms with Gasteiger partial charge in [0.25, 0.3) is 0 Å². The number of nitrogens with one attached hydrogen (secondary N) is 1. The van der Waals surface area contributed by atoms with Crippen LogP contribution in [0.5, 0.6) is 11.5 Å². The normalized spacial score (nSPS) is 18.2. The average molecular weight is 499 g/mol. The number of ether oxygens (including phenoxy) is 3. The SMILES string of the molecule is COC(=O)c1ccccc1-n1cccc1[C@H]1[C@H](c2ccccn2)NC(=S)N1c1ccc2c(c1)OCO2. The maximum absolute atomic E-state index is 12.6. The van der Waals surface area contributed by atoms with Crippen LogP contribution in [-0.2, 0) is 4.74 Å². The van der Waals surface area contributed by atoms with E-state index in [9.17, 15) is 4.79 Å². The number of esters is 1. The van der Waals surface area contributed by atoms with Crippen LogP contribution >= 0.6 is 12.2 Å². The average Bonchev–Trinajstić information content (AvgIpc) is 3.66. The van der Waals surface area contributed by atoms with Crippen LogP contribution in [0.15, 0.2) is 85.2 Å². The van der Waals surface area contributed by atoms with Gasteiger partial charge in [-0.25, -0.2) is 4.79 Å². The molecule has 0 amide bonds. The van der Waals surface area contributed by atoms with E-state index in [4.69, 9.17) is 26.4 Å². The number of hydrogen-bond donors (Lipinski definition) is 1. The van der Waals surface area contributed by atoms with Crippen LogP contribution in [0.3, 0.4) is 0 Å². The molecule has 2 aromatic heterocycles. The van der Waals surface area contributed by atoms with Gasteiger partial charge in [0.15, 0.2) is 16.6 Å². The number of anilines is 1. The summed E-state index contributed by atoms with van der Waals surface area (Å²) in [5, 5.41) is 4.03. The first kappa shape index (κ1) is 22.1. The lowest BCUT2D eigenvalue weighted by molar-refractivity contribution is 0.0600. The van der Waals surface area contributed by atoms with Crippen molar-refractivity contribution in [2.45, 2.75) is 12.1 Å². The highest BCUT2D eigenvalue weighted by Crippen LogP contribution is 2.45. The third kappa shape index (κ3) is 3.64. The standard InChI is InChI=1S/C27H22N4O4S/c1-33-26(32)18-7-2-3-9-20(18)30-14-6-10-21(30)25-24(19-8-4-5-13-28-19)29-27(36)31(25)17-11-12-22-23(15-17)35-16-34-22/h2-15,24-25H,16H2,1H3,(H,29,36)/t24-,25-/m0/s1. The summed E-state index contributed by atoms with van der Waals surface area (Å²) in [5.41, 5.74) is 3.81. The summed E-state index contributed by atoms with van der Waals surface area (Å²) in [6, 6.07) is 22.4. The quantitative estimate of drug-likeness (QED) is 0.317. The topological polar surface area (TPSA) is 77.9 Å². The summed E-state index contributed by atoms with van der Waals surface area (Å²) in [5.74, 6) is 0.964. The van der Waals surface area contributed by atoms with Crippen molar-refractivity contribution >= 4 is 29.0 Å². The van der Waals surface area contributed by atoms with Crippen LogP contribution < -0.4 is 19.7 Å². The Hall–Kier alpha value is -4.37. The van der Waals surface area contributed by atoms with E-state index in [2.05, 4.69) is 15.2 Å². The molecule has 0 spiro atoms. The molecule has 2 aromatic carbocycles. The van der Waals surface area contributed by atoms with Crippen LogP contribution in [0, 0.1) is 0 Å². The van der Waals surface area contributed by atoms with Crippen molar-refractivity contribution in [3.63, 3.8) is 0 Å². The third-order valence-electron chi connectivity index (χ3n) is 6.38. The zero-order valence-electron chi connectivity index (χ0n) is 19.3. The number of thiocarbonyl (C=S) groups is 1. The van der Waals surface area contributed by atoms with E-state index in [0.717, 1.165) is 17.1 Å². The zero-order valence-corrected chi connectivity index (χ0v) is 20.1. The second-order valence-electron chi connectivity index (χ2n) is 8.35.